The van der Waals surface area contributed by atoms with Crippen LogP contribution in [0.15, 0.2) is 12.1 Å². The van der Waals surface area contributed by atoms with Crippen LogP contribution in [0.25, 0.3) is 0 Å². The van der Waals surface area contributed by atoms with Gasteiger partial charge < -0.3 is 5.32 Å². The predicted molar refractivity (Wildman–Crippen MR) is 70.7 cm³/mol. The van der Waals surface area contributed by atoms with Crippen LogP contribution in [0.2, 0.25) is 0 Å². The molecule has 0 aromatic heterocycles. The summed E-state index contributed by atoms with van der Waals surface area (Å²) in [6.45, 7) is 2.14. The second-order valence-electron chi connectivity index (χ2n) is 5.27. The molecule has 2 atom stereocenters. The number of halogens is 2. The molecule has 0 radical (unpaired) electrons. The normalized spacial score (nSPS) is 23.5. The first-order chi connectivity index (χ1) is 9.13. The Balaban J connectivity index is 2.19. The molecule has 0 aliphatic heterocycles. The van der Waals surface area contributed by atoms with Crippen molar-refractivity contribution in [3.05, 3.63) is 29.3 Å². The van der Waals surface area contributed by atoms with Gasteiger partial charge in [-0.05, 0) is 30.9 Å². The maximum atomic E-state index is 13.8. The molecule has 1 fully saturated rings. The number of rotatable bonds is 2. The van der Waals surface area contributed by atoms with Gasteiger partial charge in [0.25, 0.3) is 0 Å². The first-order valence-electron chi connectivity index (χ1n) is 6.78. The third-order valence-electron chi connectivity index (χ3n) is 3.91. The molecule has 0 heterocycles. The Labute approximate surface area is 112 Å². The quantitative estimate of drug-likeness (QED) is 0.812. The molecular weight excluding hydrogens is 246 g/mol. The van der Waals surface area contributed by atoms with E-state index in [-0.39, 0.29) is 17.3 Å². The molecule has 1 aliphatic carbocycles. The Bertz CT molecular complexity index is 494. The molecule has 0 saturated heterocycles. The lowest BCUT2D eigenvalue weighted by Crippen LogP contribution is -2.26. The van der Waals surface area contributed by atoms with Crippen molar-refractivity contribution in [3.63, 3.8) is 0 Å². The highest BCUT2D eigenvalue weighted by atomic mass is 19.2. The van der Waals surface area contributed by atoms with Crippen LogP contribution < -0.4 is 5.32 Å². The van der Waals surface area contributed by atoms with Crippen LogP contribution >= 0.6 is 0 Å². The average molecular weight is 264 g/mol. The molecule has 19 heavy (non-hydrogen) atoms. The predicted octanol–water partition coefficient (Wildman–Crippen LogP) is 4.22. The van der Waals surface area contributed by atoms with E-state index in [9.17, 15) is 8.78 Å². The molecule has 1 aromatic rings. The second-order valence-corrected chi connectivity index (χ2v) is 5.27. The molecule has 2 rings (SSSR count). The number of nitrogens with zero attached hydrogens (tertiary/aromatic N) is 1. The molecule has 0 bridgehead atoms. The summed E-state index contributed by atoms with van der Waals surface area (Å²) in [5.74, 6) is -1.56. The molecule has 0 spiro atoms. The van der Waals surface area contributed by atoms with Gasteiger partial charge in [0.05, 0.1) is 11.3 Å². The van der Waals surface area contributed by atoms with Gasteiger partial charge in [0, 0.05) is 6.04 Å². The van der Waals surface area contributed by atoms with Gasteiger partial charge >= 0.3 is 0 Å². The summed E-state index contributed by atoms with van der Waals surface area (Å²) in [4.78, 5) is 0. The molecular formula is C15H18F2N2. The minimum atomic E-state index is -1.06. The van der Waals surface area contributed by atoms with Crippen LogP contribution in [0.5, 0.6) is 0 Å². The number of nitriles is 1. The molecule has 1 aromatic carbocycles. The summed E-state index contributed by atoms with van der Waals surface area (Å²) in [6, 6.07) is 4.59. The highest BCUT2D eigenvalue weighted by molar-refractivity contribution is 5.50. The van der Waals surface area contributed by atoms with Gasteiger partial charge in [0.1, 0.15) is 6.07 Å². The zero-order valence-electron chi connectivity index (χ0n) is 11.0. The van der Waals surface area contributed by atoms with Crippen LogP contribution in [0.3, 0.4) is 0 Å². The zero-order valence-corrected chi connectivity index (χ0v) is 11.0. The van der Waals surface area contributed by atoms with E-state index < -0.39 is 11.6 Å². The van der Waals surface area contributed by atoms with Crippen LogP contribution in [-0.4, -0.2) is 6.04 Å². The lowest BCUT2D eigenvalue weighted by Gasteiger charge is -2.24. The van der Waals surface area contributed by atoms with E-state index in [4.69, 9.17) is 5.26 Å². The van der Waals surface area contributed by atoms with Crippen LogP contribution in [-0.2, 0) is 0 Å². The maximum absolute atomic E-state index is 13.8. The number of benzene rings is 1. The van der Waals surface area contributed by atoms with Gasteiger partial charge in [-0.2, -0.15) is 5.26 Å². The lowest BCUT2D eigenvalue weighted by molar-refractivity contribution is 0.451. The Morgan fingerprint density at radius 1 is 1.16 bits per heavy atom. The molecule has 2 unspecified atom stereocenters. The third kappa shape index (κ3) is 3.04. The van der Waals surface area contributed by atoms with E-state index >= 15 is 0 Å². The van der Waals surface area contributed by atoms with Crippen molar-refractivity contribution in [2.45, 2.75) is 45.1 Å². The van der Waals surface area contributed by atoms with Crippen molar-refractivity contribution in [2.24, 2.45) is 5.92 Å². The van der Waals surface area contributed by atoms with E-state index in [2.05, 4.69) is 12.2 Å². The largest absolute Gasteiger partial charge is 0.380 e. The highest BCUT2D eigenvalue weighted by Gasteiger charge is 2.22. The van der Waals surface area contributed by atoms with Crippen molar-refractivity contribution in [1.82, 2.24) is 0 Å². The number of nitrogens with one attached hydrogen (secondary N) is 1. The smallest absolute Gasteiger partial charge is 0.183 e. The molecule has 102 valence electrons. The summed E-state index contributed by atoms with van der Waals surface area (Å²) >= 11 is 0. The van der Waals surface area contributed by atoms with Gasteiger partial charge in [0.2, 0.25) is 0 Å². The molecule has 1 N–H and O–H groups in total. The van der Waals surface area contributed by atoms with E-state index in [1.54, 1.807) is 6.07 Å². The van der Waals surface area contributed by atoms with Crippen molar-refractivity contribution >= 4 is 5.69 Å². The first kappa shape index (κ1) is 13.8. The van der Waals surface area contributed by atoms with Crippen LogP contribution in [0.4, 0.5) is 14.5 Å². The van der Waals surface area contributed by atoms with E-state index in [0.717, 1.165) is 19.3 Å². The Kier molecular flexibility index (Phi) is 4.36. The molecule has 2 nitrogen and oxygen atoms in total. The second kappa shape index (κ2) is 6.01. The van der Waals surface area contributed by atoms with E-state index in [0.29, 0.717) is 5.92 Å². The average Bonchev–Trinajstić information content (AvgIpc) is 2.61. The number of anilines is 1. The zero-order chi connectivity index (χ0) is 13.8. The summed E-state index contributed by atoms with van der Waals surface area (Å²) in [7, 11) is 0. The lowest BCUT2D eigenvalue weighted by atomic mass is 9.96. The monoisotopic (exact) mass is 264 g/mol. The molecule has 1 saturated carbocycles. The van der Waals surface area contributed by atoms with E-state index in [1.165, 1.54) is 25.0 Å². The summed E-state index contributed by atoms with van der Waals surface area (Å²) in [5.41, 5.74) is -0.0905. The standard InChI is InChI=1S/C15H18F2N2/c1-10-5-3-2-4-6-12(10)19-13-8-7-11(9-18)14(16)15(13)17/h7-8,10,12,19H,2-6H2,1H3. The third-order valence-corrected chi connectivity index (χ3v) is 3.91. The van der Waals surface area contributed by atoms with Crippen LogP contribution in [0.1, 0.15) is 44.6 Å². The van der Waals surface area contributed by atoms with Crippen molar-refractivity contribution in [1.29, 1.82) is 5.26 Å². The Morgan fingerprint density at radius 2 is 1.89 bits per heavy atom. The molecule has 4 heteroatoms. The first-order valence-corrected chi connectivity index (χ1v) is 6.78. The highest BCUT2D eigenvalue weighted by Crippen LogP contribution is 2.28. The van der Waals surface area contributed by atoms with Crippen LogP contribution in [0, 0.1) is 28.9 Å². The molecule has 1 aliphatic rings. The topological polar surface area (TPSA) is 35.8 Å². The minimum Gasteiger partial charge on any atom is -0.380 e. The molecule has 0 amide bonds. The van der Waals surface area contributed by atoms with Gasteiger partial charge in [0.15, 0.2) is 11.6 Å². The van der Waals surface area contributed by atoms with Crippen molar-refractivity contribution in [2.75, 3.05) is 5.32 Å². The fraction of sp³-hybridized carbons (Fsp3) is 0.533. The van der Waals surface area contributed by atoms with E-state index in [1.807, 2.05) is 0 Å². The Hall–Kier alpha value is -1.63. The number of hydrogen-bond donors (Lipinski definition) is 1. The Morgan fingerprint density at radius 3 is 2.63 bits per heavy atom. The van der Waals surface area contributed by atoms with Gasteiger partial charge in [-0.3, -0.25) is 0 Å². The minimum absolute atomic E-state index is 0.162. The number of hydrogen-bond acceptors (Lipinski definition) is 2. The fourth-order valence-corrected chi connectivity index (χ4v) is 2.65. The van der Waals surface area contributed by atoms with Gasteiger partial charge in [-0.25, -0.2) is 8.78 Å². The SMILES string of the molecule is CC1CCCCCC1Nc1ccc(C#N)c(F)c1F. The van der Waals surface area contributed by atoms with Gasteiger partial charge in [-0.1, -0.05) is 26.2 Å². The maximum Gasteiger partial charge on any atom is 0.183 e. The van der Waals surface area contributed by atoms with Crippen molar-refractivity contribution < 1.29 is 8.78 Å². The van der Waals surface area contributed by atoms with Gasteiger partial charge in [-0.15, -0.1) is 0 Å². The fourth-order valence-electron chi connectivity index (χ4n) is 2.65. The summed E-state index contributed by atoms with van der Waals surface area (Å²) in [6.07, 6.45) is 5.60. The summed E-state index contributed by atoms with van der Waals surface area (Å²) in [5, 5.41) is 11.8. The summed E-state index contributed by atoms with van der Waals surface area (Å²) < 4.78 is 27.4. The van der Waals surface area contributed by atoms with Crippen molar-refractivity contribution in [3.8, 4) is 6.07 Å².